The van der Waals surface area contributed by atoms with Crippen LogP contribution in [0.2, 0.25) is 0 Å². The normalized spacial score (nSPS) is 26.8. The number of Topliss-reactive ketones (excluding diaryl/α,β-unsaturated/α-hetero) is 2. The van der Waals surface area contributed by atoms with E-state index in [2.05, 4.69) is 0 Å². The molecule has 0 aromatic heterocycles. The number of ketones is 2. The Morgan fingerprint density at radius 1 is 1.22 bits per heavy atom. The van der Waals surface area contributed by atoms with Gasteiger partial charge in [-0.25, -0.2) is 0 Å². The van der Waals surface area contributed by atoms with Crippen LogP contribution >= 0.6 is 0 Å². The zero-order valence-corrected chi connectivity index (χ0v) is 12.1. The standard InChI is InChI=1S/C16H14O7/c1-6-11-13(15(21)9(23-6)5-10(18)19)14(20)7-3-2-4-8(17)12(7)16(11)22/h2-4,6,9,15,17,21H,5H2,1H3,(H,18,19)/t6-,9-,15?/m1/s1. The van der Waals surface area contributed by atoms with Gasteiger partial charge in [-0.05, 0) is 13.0 Å². The Hall–Kier alpha value is -2.51. The second-order valence-electron chi connectivity index (χ2n) is 5.54. The number of aromatic hydroxyl groups is 1. The van der Waals surface area contributed by atoms with Crippen LogP contribution in [0.4, 0.5) is 0 Å². The molecule has 0 fully saturated rings. The Kier molecular flexibility index (Phi) is 3.54. The quantitative estimate of drug-likeness (QED) is 0.733. The molecule has 1 unspecified atom stereocenters. The minimum absolute atomic E-state index is 0.00373. The van der Waals surface area contributed by atoms with Gasteiger partial charge in [-0.15, -0.1) is 0 Å². The Morgan fingerprint density at radius 3 is 2.57 bits per heavy atom. The van der Waals surface area contributed by atoms with Crippen molar-refractivity contribution in [3.8, 4) is 5.75 Å². The summed E-state index contributed by atoms with van der Waals surface area (Å²) in [5, 5.41) is 29.1. The van der Waals surface area contributed by atoms with Crippen LogP contribution in [0, 0.1) is 0 Å². The number of carbonyl (C=O) groups excluding carboxylic acids is 2. The smallest absolute Gasteiger partial charge is 0.306 e. The van der Waals surface area contributed by atoms with E-state index in [4.69, 9.17) is 9.84 Å². The fourth-order valence-corrected chi connectivity index (χ4v) is 3.11. The lowest BCUT2D eigenvalue weighted by atomic mass is 9.77. The maximum absolute atomic E-state index is 12.7. The summed E-state index contributed by atoms with van der Waals surface area (Å²) in [6, 6.07) is 4.11. The van der Waals surface area contributed by atoms with Crippen LogP contribution in [-0.2, 0) is 9.53 Å². The van der Waals surface area contributed by atoms with Gasteiger partial charge in [0.05, 0.1) is 24.2 Å². The van der Waals surface area contributed by atoms with E-state index in [0.717, 1.165) is 0 Å². The maximum atomic E-state index is 12.7. The second-order valence-corrected chi connectivity index (χ2v) is 5.54. The topological polar surface area (TPSA) is 121 Å². The van der Waals surface area contributed by atoms with E-state index in [9.17, 15) is 24.6 Å². The van der Waals surface area contributed by atoms with E-state index < -0.39 is 42.3 Å². The lowest BCUT2D eigenvalue weighted by molar-refractivity contribution is -0.144. The van der Waals surface area contributed by atoms with E-state index in [0.29, 0.717) is 0 Å². The lowest BCUT2D eigenvalue weighted by Gasteiger charge is -2.37. The molecule has 1 aromatic rings. The first-order valence-electron chi connectivity index (χ1n) is 7.03. The van der Waals surface area contributed by atoms with Gasteiger partial charge in [0, 0.05) is 16.7 Å². The van der Waals surface area contributed by atoms with Crippen molar-refractivity contribution in [3.63, 3.8) is 0 Å². The van der Waals surface area contributed by atoms with Crippen molar-refractivity contribution in [2.75, 3.05) is 0 Å². The molecule has 1 aliphatic carbocycles. The fraction of sp³-hybridized carbons (Fsp3) is 0.312. The SMILES string of the molecule is C[C@H]1O[C@H](CC(=O)O)C(O)C2=C1C(=O)c1c(O)cccc1C2=O. The van der Waals surface area contributed by atoms with Crippen LogP contribution < -0.4 is 0 Å². The maximum Gasteiger partial charge on any atom is 0.306 e. The largest absolute Gasteiger partial charge is 0.507 e. The van der Waals surface area contributed by atoms with Gasteiger partial charge < -0.3 is 20.1 Å². The fourth-order valence-electron chi connectivity index (χ4n) is 3.11. The summed E-state index contributed by atoms with van der Waals surface area (Å²) < 4.78 is 5.41. The van der Waals surface area contributed by atoms with Crippen molar-refractivity contribution in [2.24, 2.45) is 0 Å². The molecule has 7 nitrogen and oxygen atoms in total. The molecule has 1 aliphatic heterocycles. The summed E-state index contributed by atoms with van der Waals surface area (Å²) in [5.74, 6) is -2.68. The molecular formula is C16H14O7. The minimum Gasteiger partial charge on any atom is -0.507 e. The third-order valence-corrected chi connectivity index (χ3v) is 4.10. The van der Waals surface area contributed by atoms with Crippen LogP contribution in [0.15, 0.2) is 29.3 Å². The summed E-state index contributed by atoms with van der Waals surface area (Å²) in [6.07, 6.45) is -3.97. The van der Waals surface area contributed by atoms with Crippen molar-refractivity contribution >= 4 is 17.5 Å². The number of phenolic OH excluding ortho intramolecular Hbond substituents is 1. The average molecular weight is 318 g/mol. The number of benzene rings is 1. The molecule has 0 spiro atoms. The molecule has 120 valence electrons. The highest BCUT2D eigenvalue weighted by atomic mass is 16.5. The number of aliphatic hydroxyl groups is 1. The number of phenols is 1. The van der Waals surface area contributed by atoms with Crippen LogP contribution in [0.25, 0.3) is 0 Å². The molecular weight excluding hydrogens is 304 g/mol. The van der Waals surface area contributed by atoms with E-state index >= 15 is 0 Å². The molecule has 3 N–H and O–H groups in total. The Balaban J connectivity index is 2.14. The summed E-state index contributed by atoms with van der Waals surface area (Å²) in [4.78, 5) is 36.2. The van der Waals surface area contributed by atoms with Crippen LogP contribution in [0.5, 0.6) is 5.75 Å². The molecule has 2 aliphatic rings. The summed E-state index contributed by atoms with van der Waals surface area (Å²) in [7, 11) is 0. The monoisotopic (exact) mass is 318 g/mol. The predicted molar refractivity (Wildman–Crippen MR) is 76.4 cm³/mol. The molecule has 3 atom stereocenters. The van der Waals surface area contributed by atoms with Gasteiger partial charge in [-0.3, -0.25) is 14.4 Å². The molecule has 0 amide bonds. The van der Waals surface area contributed by atoms with Crippen LogP contribution in [0.3, 0.4) is 0 Å². The highest BCUT2D eigenvalue weighted by Gasteiger charge is 2.46. The second kappa shape index (κ2) is 5.29. The zero-order valence-electron chi connectivity index (χ0n) is 12.1. The Labute approximate surface area is 130 Å². The third kappa shape index (κ3) is 2.25. The van der Waals surface area contributed by atoms with Crippen molar-refractivity contribution in [3.05, 3.63) is 40.5 Å². The van der Waals surface area contributed by atoms with Crippen molar-refractivity contribution in [1.82, 2.24) is 0 Å². The number of carboxylic acids is 1. The first-order chi connectivity index (χ1) is 10.8. The summed E-state index contributed by atoms with van der Waals surface area (Å²) in [5.41, 5.74) is -0.289. The zero-order chi connectivity index (χ0) is 16.9. The first kappa shape index (κ1) is 15.4. The van der Waals surface area contributed by atoms with E-state index in [1.807, 2.05) is 0 Å². The van der Waals surface area contributed by atoms with E-state index in [-0.39, 0.29) is 28.0 Å². The van der Waals surface area contributed by atoms with E-state index in [1.54, 1.807) is 0 Å². The number of ether oxygens (including phenoxy) is 1. The number of hydrogen-bond acceptors (Lipinski definition) is 6. The Bertz CT molecular complexity index is 762. The summed E-state index contributed by atoms with van der Waals surface area (Å²) in [6.45, 7) is 1.51. The number of carboxylic acid groups (broad SMARTS) is 1. The molecule has 0 radical (unpaired) electrons. The predicted octanol–water partition coefficient (Wildman–Crippen LogP) is 0.691. The van der Waals surface area contributed by atoms with Gasteiger partial charge in [0.15, 0.2) is 11.6 Å². The molecule has 7 heteroatoms. The van der Waals surface area contributed by atoms with Gasteiger partial charge in [-0.2, -0.15) is 0 Å². The molecule has 23 heavy (non-hydrogen) atoms. The van der Waals surface area contributed by atoms with Gasteiger partial charge in [0.2, 0.25) is 0 Å². The van der Waals surface area contributed by atoms with Crippen molar-refractivity contribution in [2.45, 2.75) is 31.7 Å². The third-order valence-electron chi connectivity index (χ3n) is 4.10. The van der Waals surface area contributed by atoms with Gasteiger partial charge in [0.1, 0.15) is 11.9 Å². The van der Waals surface area contributed by atoms with Crippen molar-refractivity contribution in [1.29, 1.82) is 0 Å². The highest BCUT2D eigenvalue weighted by Crippen LogP contribution is 2.39. The molecule has 1 heterocycles. The summed E-state index contributed by atoms with van der Waals surface area (Å²) >= 11 is 0. The number of aliphatic carboxylic acids is 1. The number of fused-ring (bicyclic) bond motifs is 1. The van der Waals surface area contributed by atoms with Gasteiger partial charge in [0.25, 0.3) is 0 Å². The molecule has 0 bridgehead atoms. The number of rotatable bonds is 2. The number of hydrogen-bond donors (Lipinski definition) is 3. The molecule has 1 aromatic carbocycles. The number of carbonyl (C=O) groups is 3. The van der Waals surface area contributed by atoms with Crippen LogP contribution in [-0.4, -0.2) is 51.2 Å². The average Bonchev–Trinajstić information content (AvgIpc) is 2.47. The molecule has 0 saturated carbocycles. The van der Waals surface area contributed by atoms with Gasteiger partial charge in [-0.1, -0.05) is 12.1 Å². The highest BCUT2D eigenvalue weighted by molar-refractivity contribution is 6.28. The molecule has 0 saturated heterocycles. The van der Waals surface area contributed by atoms with E-state index in [1.165, 1.54) is 25.1 Å². The van der Waals surface area contributed by atoms with Crippen LogP contribution in [0.1, 0.15) is 34.1 Å². The minimum atomic E-state index is -1.51. The lowest BCUT2D eigenvalue weighted by Crippen LogP contribution is -2.47. The number of aliphatic hydroxyl groups excluding tert-OH is 1. The first-order valence-corrected chi connectivity index (χ1v) is 7.03. The Morgan fingerprint density at radius 2 is 1.91 bits per heavy atom. The molecule has 3 rings (SSSR count). The van der Waals surface area contributed by atoms with Crippen molar-refractivity contribution < 1.29 is 34.4 Å². The van der Waals surface area contributed by atoms with Gasteiger partial charge >= 0.3 is 5.97 Å².